The number of phenolic OH excluding ortho intramolecular Hbond substituents is 1. The Bertz CT molecular complexity index is 325. The molecule has 0 amide bonds. The third kappa shape index (κ3) is 3.88. The van der Waals surface area contributed by atoms with Gasteiger partial charge in [0.15, 0.2) is 0 Å². The first kappa shape index (κ1) is 12.0. The van der Waals surface area contributed by atoms with Crippen LogP contribution in [-0.4, -0.2) is 11.1 Å². The standard InChI is InChI=1S/C12H18FNO/c1-8(2)5-11(14)7-9-6-10(13)3-4-12(9)15/h3-4,6,8,11,15H,5,7,14H2,1-2H3. The molecule has 0 saturated heterocycles. The van der Waals surface area contributed by atoms with Crippen LogP contribution in [0.4, 0.5) is 4.39 Å². The highest BCUT2D eigenvalue weighted by molar-refractivity contribution is 5.33. The molecule has 84 valence electrons. The van der Waals surface area contributed by atoms with Gasteiger partial charge in [0.1, 0.15) is 11.6 Å². The van der Waals surface area contributed by atoms with E-state index >= 15 is 0 Å². The Hall–Kier alpha value is -1.09. The van der Waals surface area contributed by atoms with Crippen LogP contribution < -0.4 is 5.73 Å². The van der Waals surface area contributed by atoms with Gasteiger partial charge in [0.2, 0.25) is 0 Å². The Labute approximate surface area is 89.9 Å². The molecular weight excluding hydrogens is 193 g/mol. The van der Waals surface area contributed by atoms with E-state index in [-0.39, 0.29) is 17.6 Å². The van der Waals surface area contributed by atoms with Crippen LogP contribution in [0.3, 0.4) is 0 Å². The van der Waals surface area contributed by atoms with Crippen molar-refractivity contribution in [3.8, 4) is 5.75 Å². The number of hydrogen-bond donors (Lipinski definition) is 2. The van der Waals surface area contributed by atoms with Crippen LogP contribution in [0.15, 0.2) is 18.2 Å². The van der Waals surface area contributed by atoms with Gasteiger partial charge in [-0.15, -0.1) is 0 Å². The zero-order chi connectivity index (χ0) is 11.4. The van der Waals surface area contributed by atoms with Crippen molar-refractivity contribution in [2.45, 2.75) is 32.7 Å². The minimum atomic E-state index is -0.334. The van der Waals surface area contributed by atoms with Gasteiger partial charge < -0.3 is 10.8 Å². The molecule has 1 aromatic carbocycles. The second-order valence-electron chi connectivity index (χ2n) is 4.37. The molecule has 0 radical (unpaired) electrons. The van der Waals surface area contributed by atoms with Gasteiger partial charge in [0.05, 0.1) is 0 Å². The van der Waals surface area contributed by atoms with Crippen molar-refractivity contribution in [2.75, 3.05) is 0 Å². The van der Waals surface area contributed by atoms with Crippen LogP contribution in [-0.2, 0) is 6.42 Å². The third-order valence-electron chi connectivity index (χ3n) is 2.30. The van der Waals surface area contributed by atoms with E-state index in [1.165, 1.54) is 18.2 Å². The summed E-state index contributed by atoms with van der Waals surface area (Å²) in [6, 6.07) is 3.92. The maximum atomic E-state index is 12.9. The van der Waals surface area contributed by atoms with Gasteiger partial charge in [-0.1, -0.05) is 13.8 Å². The summed E-state index contributed by atoms with van der Waals surface area (Å²) in [5.41, 5.74) is 6.48. The van der Waals surface area contributed by atoms with E-state index in [1.807, 2.05) is 0 Å². The molecule has 0 heterocycles. The normalized spacial score (nSPS) is 13.1. The summed E-state index contributed by atoms with van der Waals surface area (Å²) >= 11 is 0. The summed E-state index contributed by atoms with van der Waals surface area (Å²) in [4.78, 5) is 0. The van der Waals surface area contributed by atoms with Gasteiger partial charge in [-0.05, 0) is 42.5 Å². The molecule has 0 fully saturated rings. The lowest BCUT2D eigenvalue weighted by Crippen LogP contribution is -2.24. The largest absolute Gasteiger partial charge is 0.508 e. The van der Waals surface area contributed by atoms with Crippen LogP contribution in [0.1, 0.15) is 25.8 Å². The molecule has 0 saturated carbocycles. The first-order valence-electron chi connectivity index (χ1n) is 5.22. The second kappa shape index (κ2) is 5.12. The maximum absolute atomic E-state index is 12.9. The van der Waals surface area contributed by atoms with Gasteiger partial charge in [-0.2, -0.15) is 0 Å². The van der Waals surface area contributed by atoms with E-state index in [4.69, 9.17) is 5.73 Å². The van der Waals surface area contributed by atoms with E-state index in [0.29, 0.717) is 17.9 Å². The average molecular weight is 211 g/mol. The molecule has 0 spiro atoms. The Morgan fingerprint density at radius 3 is 2.67 bits per heavy atom. The second-order valence-corrected chi connectivity index (χ2v) is 4.37. The Kier molecular flexibility index (Phi) is 4.09. The van der Waals surface area contributed by atoms with Crippen LogP contribution in [0.5, 0.6) is 5.75 Å². The molecule has 3 heteroatoms. The molecule has 0 aliphatic carbocycles. The predicted molar refractivity (Wildman–Crippen MR) is 59.2 cm³/mol. The monoisotopic (exact) mass is 211 g/mol. The van der Waals surface area contributed by atoms with Crippen LogP contribution in [0.2, 0.25) is 0 Å². The van der Waals surface area contributed by atoms with Gasteiger partial charge in [-0.3, -0.25) is 0 Å². The van der Waals surface area contributed by atoms with E-state index in [9.17, 15) is 9.50 Å². The predicted octanol–water partition coefficient (Wildman–Crippen LogP) is 2.45. The maximum Gasteiger partial charge on any atom is 0.123 e. The van der Waals surface area contributed by atoms with Crippen molar-refractivity contribution in [1.29, 1.82) is 0 Å². The molecule has 15 heavy (non-hydrogen) atoms. The Morgan fingerprint density at radius 2 is 2.07 bits per heavy atom. The quantitative estimate of drug-likeness (QED) is 0.803. The molecule has 0 bridgehead atoms. The average Bonchev–Trinajstić information content (AvgIpc) is 2.10. The SMILES string of the molecule is CC(C)CC(N)Cc1cc(F)ccc1O. The first-order valence-corrected chi connectivity index (χ1v) is 5.22. The molecule has 0 aliphatic rings. The van der Waals surface area contributed by atoms with Crippen LogP contribution in [0, 0.1) is 11.7 Å². The van der Waals surface area contributed by atoms with Crippen LogP contribution >= 0.6 is 0 Å². The van der Waals surface area contributed by atoms with Crippen molar-refractivity contribution in [2.24, 2.45) is 11.7 Å². The first-order chi connectivity index (χ1) is 6.99. The minimum Gasteiger partial charge on any atom is -0.508 e. The van der Waals surface area contributed by atoms with Crippen molar-refractivity contribution >= 4 is 0 Å². The van der Waals surface area contributed by atoms with Crippen LogP contribution in [0.25, 0.3) is 0 Å². The fourth-order valence-corrected chi connectivity index (χ4v) is 1.69. The summed E-state index contributed by atoms with van der Waals surface area (Å²) < 4.78 is 12.9. The van der Waals surface area contributed by atoms with Crippen molar-refractivity contribution in [3.63, 3.8) is 0 Å². The lowest BCUT2D eigenvalue weighted by molar-refractivity contribution is 0.450. The highest BCUT2D eigenvalue weighted by Crippen LogP contribution is 2.20. The summed E-state index contributed by atoms with van der Waals surface area (Å²) in [6.45, 7) is 4.18. The summed E-state index contributed by atoms with van der Waals surface area (Å²) in [6.07, 6.45) is 1.39. The summed E-state index contributed by atoms with van der Waals surface area (Å²) in [5, 5.41) is 9.50. The smallest absolute Gasteiger partial charge is 0.123 e. The number of hydrogen-bond acceptors (Lipinski definition) is 2. The van der Waals surface area contributed by atoms with Gasteiger partial charge in [0.25, 0.3) is 0 Å². The van der Waals surface area contributed by atoms with E-state index in [0.717, 1.165) is 6.42 Å². The molecular formula is C12H18FNO. The van der Waals surface area contributed by atoms with E-state index in [1.54, 1.807) is 0 Å². The third-order valence-corrected chi connectivity index (χ3v) is 2.30. The molecule has 0 aromatic heterocycles. The molecule has 1 atom stereocenters. The van der Waals surface area contributed by atoms with Crippen molar-refractivity contribution < 1.29 is 9.50 Å². The minimum absolute atomic E-state index is 0.0299. The molecule has 3 N–H and O–H groups in total. The zero-order valence-corrected chi connectivity index (χ0v) is 9.20. The fraction of sp³-hybridized carbons (Fsp3) is 0.500. The lowest BCUT2D eigenvalue weighted by Gasteiger charge is -2.14. The number of phenols is 1. The van der Waals surface area contributed by atoms with E-state index in [2.05, 4.69) is 13.8 Å². The summed E-state index contributed by atoms with van der Waals surface area (Å²) in [5.74, 6) is 0.297. The highest BCUT2D eigenvalue weighted by Gasteiger charge is 2.10. The molecule has 1 unspecified atom stereocenters. The highest BCUT2D eigenvalue weighted by atomic mass is 19.1. The lowest BCUT2D eigenvalue weighted by atomic mass is 9.97. The van der Waals surface area contributed by atoms with Gasteiger partial charge in [-0.25, -0.2) is 4.39 Å². The van der Waals surface area contributed by atoms with Gasteiger partial charge >= 0.3 is 0 Å². The molecule has 1 rings (SSSR count). The Morgan fingerprint density at radius 1 is 1.40 bits per heavy atom. The van der Waals surface area contributed by atoms with E-state index < -0.39 is 0 Å². The zero-order valence-electron chi connectivity index (χ0n) is 9.20. The Balaban J connectivity index is 2.67. The fourth-order valence-electron chi connectivity index (χ4n) is 1.69. The number of nitrogens with two attached hydrogens (primary N) is 1. The number of rotatable bonds is 4. The van der Waals surface area contributed by atoms with Crippen molar-refractivity contribution in [1.82, 2.24) is 0 Å². The topological polar surface area (TPSA) is 46.2 Å². The number of halogens is 1. The molecule has 1 aromatic rings. The van der Waals surface area contributed by atoms with Gasteiger partial charge in [0, 0.05) is 6.04 Å². The number of benzene rings is 1. The van der Waals surface area contributed by atoms with Crippen molar-refractivity contribution in [3.05, 3.63) is 29.6 Å². The molecule has 2 nitrogen and oxygen atoms in total. The summed E-state index contributed by atoms with van der Waals surface area (Å²) in [7, 11) is 0. The molecule has 0 aliphatic heterocycles. The number of aromatic hydroxyl groups is 1.